The summed E-state index contributed by atoms with van der Waals surface area (Å²) >= 11 is 0. The number of aliphatic hydroxyl groups is 2. The molecule has 0 bridgehead atoms. The molecule has 1 amide bonds. The van der Waals surface area contributed by atoms with Gasteiger partial charge in [-0.1, -0.05) is 44.2 Å². The quantitative estimate of drug-likeness (QED) is 0.155. The molecule has 0 aliphatic rings. The average Bonchev–Trinajstić information content (AvgIpc) is 3.28. The molecule has 42 heavy (non-hydrogen) atoms. The van der Waals surface area contributed by atoms with E-state index in [4.69, 9.17) is 5.11 Å². The van der Waals surface area contributed by atoms with Gasteiger partial charge in [-0.25, -0.2) is 8.78 Å². The largest absolute Gasteiger partial charge is 0.481 e. The van der Waals surface area contributed by atoms with Crippen LogP contribution in [0.5, 0.6) is 0 Å². The van der Waals surface area contributed by atoms with Gasteiger partial charge in [-0.3, -0.25) is 9.59 Å². The van der Waals surface area contributed by atoms with E-state index in [2.05, 4.69) is 5.32 Å². The molecule has 4 N–H and O–H groups in total. The molecule has 7 nitrogen and oxygen atoms in total. The van der Waals surface area contributed by atoms with Crippen LogP contribution in [0.25, 0.3) is 22.4 Å². The number of carbonyl (C=O) groups excluding carboxylic acids is 1. The number of aromatic nitrogens is 1. The number of anilines is 1. The van der Waals surface area contributed by atoms with E-state index in [0.717, 1.165) is 0 Å². The van der Waals surface area contributed by atoms with Gasteiger partial charge in [0.05, 0.1) is 29.9 Å². The predicted molar refractivity (Wildman–Crippen MR) is 157 cm³/mol. The Balaban J connectivity index is 1.91. The van der Waals surface area contributed by atoms with Crippen LogP contribution in [0.15, 0.2) is 78.9 Å². The van der Waals surface area contributed by atoms with Crippen LogP contribution in [0, 0.1) is 11.6 Å². The Bertz CT molecular complexity index is 1520. The first-order valence-electron chi connectivity index (χ1n) is 13.8. The first-order chi connectivity index (χ1) is 20.0. The Morgan fingerprint density at radius 2 is 1.40 bits per heavy atom. The number of hydrogen-bond donors (Lipinski definition) is 4. The topological polar surface area (TPSA) is 112 Å². The van der Waals surface area contributed by atoms with Crippen molar-refractivity contribution < 1.29 is 33.7 Å². The summed E-state index contributed by atoms with van der Waals surface area (Å²) in [4.78, 5) is 25.0. The van der Waals surface area contributed by atoms with E-state index in [1.54, 1.807) is 48.5 Å². The van der Waals surface area contributed by atoms with Gasteiger partial charge in [0.25, 0.3) is 5.91 Å². The summed E-state index contributed by atoms with van der Waals surface area (Å²) in [5, 5.41) is 32.7. The summed E-state index contributed by atoms with van der Waals surface area (Å²) in [5.74, 6) is -2.62. The lowest BCUT2D eigenvalue weighted by Crippen LogP contribution is -2.22. The van der Waals surface area contributed by atoms with E-state index >= 15 is 0 Å². The number of carboxylic acids is 1. The molecule has 0 fully saturated rings. The molecular weight excluding hydrogens is 542 g/mol. The van der Waals surface area contributed by atoms with Gasteiger partial charge in [0.2, 0.25) is 0 Å². The lowest BCUT2D eigenvalue weighted by Gasteiger charge is -2.20. The summed E-state index contributed by atoms with van der Waals surface area (Å²) in [5.41, 5.74) is 3.89. The van der Waals surface area contributed by atoms with E-state index in [9.17, 15) is 28.6 Å². The van der Waals surface area contributed by atoms with E-state index in [1.807, 2.05) is 24.5 Å². The van der Waals surface area contributed by atoms with Crippen LogP contribution in [-0.4, -0.2) is 44.0 Å². The first-order valence-corrected chi connectivity index (χ1v) is 13.8. The van der Waals surface area contributed by atoms with Gasteiger partial charge >= 0.3 is 5.97 Å². The van der Waals surface area contributed by atoms with Crippen LogP contribution in [0.3, 0.4) is 0 Å². The second-order valence-electron chi connectivity index (χ2n) is 10.6. The minimum Gasteiger partial charge on any atom is -0.481 e. The number of benzene rings is 3. The van der Waals surface area contributed by atoms with Crippen molar-refractivity contribution in [1.82, 2.24) is 4.57 Å². The van der Waals surface area contributed by atoms with Gasteiger partial charge in [0, 0.05) is 23.5 Å². The number of amides is 1. The third-order valence-electron chi connectivity index (χ3n) is 7.00. The molecule has 0 aliphatic heterocycles. The molecule has 1 aromatic heterocycles. The zero-order chi connectivity index (χ0) is 30.4. The molecule has 4 rings (SSSR count). The molecule has 0 saturated carbocycles. The number of nitrogens with zero attached hydrogens (tertiary/aromatic N) is 1. The fourth-order valence-corrected chi connectivity index (χ4v) is 5.21. The van der Waals surface area contributed by atoms with Crippen molar-refractivity contribution in [2.45, 2.75) is 57.8 Å². The normalized spacial score (nSPS) is 12.7. The molecule has 2 atom stereocenters. The van der Waals surface area contributed by atoms with E-state index < -0.39 is 36.2 Å². The summed E-state index contributed by atoms with van der Waals surface area (Å²) in [6.07, 6.45) is -2.73. The number of aliphatic carboxylic acids is 1. The lowest BCUT2D eigenvalue weighted by atomic mass is 9.94. The zero-order valence-corrected chi connectivity index (χ0v) is 23.4. The van der Waals surface area contributed by atoms with E-state index in [1.165, 1.54) is 24.3 Å². The molecule has 0 spiro atoms. The predicted octanol–water partition coefficient (Wildman–Crippen LogP) is 6.45. The molecule has 2 unspecified atom stereocenters. The highest BCUT2D eigenvalue weighted by Gasteiger charge is 2.31. The number of para-hydroxylation sites is 1. The Kier molecular flexibility index (Phi) is 9.88. The molecule has 0 saturated heterocycles. The van der Waals surface area contributed by atoms with E-state index in [-0.39, 0.29) is 31.2 Å². The maximum atomic E-state index is 14.0. The number of aliphatic hydroxyl groups excluding tert-OH is 2. The van der Waals surface area contributed by atoms with Gasteiger partial charge in [0.15, 0.2) is 0 Å². The third kappa shape index (κ3) is 7.29. The van der Waals surface area contributed by atoms with Gasteiger partial charge < -0.3 is 25.2 Å². The molecule has 0 aliphatic carbocycles. The summed E-state index contributed by atoms with van der Waals surface area (Å²) < 4.78 is 29.9. The minimum atomic E-state index is -1.22. The van der Waals surface area contributed by atoms with Crippen molar-refractivity contribution in [3.63, 3.8) is 0 Å². The Morgan fingerprint density at radius 1 is 0.833 bits per heavy atom. The van der Waals surface area contributed by atoms with Crippen LogP contribution in [0.1, 0.15) is 55.1 Å². The smallest absolute Gasteiger partial charge is 0.305 e. The maximum absolute atomic E-state index is 14.0. The van der Waals surface area contributed by atoms with Crippen molar-refractivity contribution >= 4 is 17.6 Å². The Morgan fingerprint density at radius 3 is 1.95 bits per heavy atom. The summed E-state index contributed by atoms with van der Waals surface area (Å²) in [6, 6.07) is 20.6. The Labute approximate surface area is 243 Å². The molecule has 4 aromatic rings. The lowest BCUT2D eigenvalue weighted by molar-refractivity contribution is -0.139. The summed E-state index contributed by atoms with van der Waals surface area (Å²) in [6.45, 7) is 4.07. The number of hydrogen-bond acceptors (Lipinski definition) is 4. The van der Waals surface area contributed by atoms with Gasteiger partial charge in [-0.2, -0.15) is 0 Å². The monoisotopic (exact) mass is 576 g/mol. The molecule has 220 valence electrons. The van der Waals surface area contributed by atoms with Crippen molar-refractivity contribution in [1.29, 1.82) is 0 Å². The number of halogens is 2. The number of carboxylic acid groups (broad SMARTS) is 1. The zero-order valence-electron chi connectivity index (χ0n) is 23.4. The summed E-state index contributed by atoms with van der Waals surface area (Å²) in [7, 11) is 0. The maximum Gasteiger partial charge on any atom is 0.305 e. The second kappa shape index (κ2) is 13.5. The van der Waals surface area contributed by atoms with Crippen molar-refractivity contribution in [3.05, 3.63) is 102 Å². The fourth-order valence-electron chi connectivity index (χ4n) is 5.21. The van der Waals surface area contributed by atoms with Crippen molar-refractivity contribution in [3.8, 4) is 22.4 Å². The molecule has 3 aromatic carbocycles. The molecular formula is C33H34F2N2O5. The van der Waals surface area contributed by atoms with E-state index in [0.29, 0.717) is 39.3 Å². The standard InChI is InChI=1S/C33H34F2N2O5/c1-20(2)31-30(33(42)36-25-6-4-3-5-7-25)29(21-8-12-23(34)13-9-21)32(22-10-14-24(35)15-11-22)37(31)17-16-26(38)18-27(39)19-28(40)41/h3-15,20,26-27,38-39H,16-19H2,1-2H3,(H,36,42)(H,40,41). The number of carbonyl (C=O) groups is 2. The van der Waals surface area contributed by atoms with Gasteiger partial charge in [0.1, 0.15) is 11.6 Å². The highest BCUT2D eigenvalue weighted by atomic mass is 19.1. The third-order valence-corrected chi connectivity index (χ3v) is 7.00. The fraction of sp³-hybridized carbons (Fsp3) is 0.273. The van der Waals surface area contributed by atoms with Gasteiger partial charge in [-0.15, -0.1) is 0 Å². The highest BCUT2D eigenvalue weighted by Crippen LogP contribution is 2.42. The van der Waals surface area contributed by atoms with Crippen molar-refractivity contribution in [2.75, 3.05) is 5.32 Å². The molecule has 1 heterocycles. The van der Waals surface area contributed by atoms with Crippen LogP contribution in [0.4, 0.5) is 14.5 Å². The van der Waals surface area contributed by atoms with Crippen LogP contribution in [-0.2, 0) is 11.3 Å². The van der Waals surface area contributed by atoms with Crippen LogP contribution < -0.4 is 5.32 Å². The molecule has 9 heteroatoms. The van der Waals surface area contributed by atoms with Crippen molar-refractivity contribution in [2.24, 2.45) is 0 Å². The number of rotatable bonds is 12. The molecule has 0 radical (unpaired) electrons. The number of nitrogens with one attached hydrogen (secondary N) is 1. The van der Waals surface area contributed by atoms with Crippen LogP contribution in [0.2, 0.25) is 0 Å². The first kappa shape index (κ1) is 30.6. The van der Waals surface area contributed by atoms with Crippen LogP contribution >= 0.6 is 0 Å². The second-order valence-corrected chi connectivity index (χ2v) is 10.6. The Hall–Kier alpha value is -4.34. The minimum absolute atomic E-state index is 0.136. The SMILES string of the molecule is CC(C)c1c(C(=O)Nc2ccccc2)c(-c2ccc(F)cc2)c(-c2ccc(F)cc2)n1CCC(O)CC(O)CC(=O)O. The average molecular weight is 577 g/mol. The van der Waals surface area contributed by atoms with Gasteiger partial charge in [-0.05, 0) is 78.4 Å². The highest BCUT2D eigenvalue weighted by molar-refractivity contribution is 6.12.